The van der Waals surface area contributed by atoms with E-state index in [1.165, 1.54) is 0 Å². The van der Waals surface area contributed by atoms with Crippen LogP contribution in [0.5, 0.6) is 5.75 Å². The van der Waals surface area contributed by atoms with Crippen molar-refractivity contribution in [1.82, 2.24) is 5.43 Å². The number of nitrogens with two attached hydrogens (primary N) is 2. The summed E-state index contributed by atoms with van der Waals surface area (Å²) in [5.74, 6) is 6.43. The highest BCUT2D eigenvalue weighted by molar-refractivity contribution is 7.99. The Morgan fingerprint density at radius 1 is 1.53 bits per heavy atom. The lowest BCUT2D eigenvalue weighted by Crippen LogP contribution is -2.29. The number of anilines is 1. The number of thioether (sulfide) groups is 1. The first-order valence-corrected chi connectivity index (χ1v) is 6.21. The summed E-state index contributed by atoms with van der Waals surface area (Å²) in [5, 5.41) is 0. The Bertz CT molecular complexity index is 385. The number of hydrogen-bond acceptors (Lipinski definition) is 5. The van der Waals surface area contributed by atoms with Gasteiger partial charge in [-0.05, 0) is 30.4 Å². The van der Waals surface area contributed by atoms with Crippen molar-refractivity contribution in [3.8, 4) is 5.75 Å². The van der Waals surface area contributed by atoms with Crippen molar-refractivity contribution in [3.05, 3.63) is 18.2 Å². The molecule has 0 heterocycles. The fourth-order valence-corrected chi connectivity index (χ4v) is 2.20. The predicted octanol–water partition coefficient (Wildman–Crippen LogP) is 1.14. The Labute approximate surface area is 105 Å². The minimum atomic E-state index is -0.149. The van der Waals surface area contributed by atoms with E-state index in [1.807, 2.05) is 18.2 Å². The molecule has 1 aromatic rings. The van der Waals surface area contributed by atoms with E-state index in [9.17, 15) is 4.79 Å². The van der Waals surface area contributed by atoms with Crippen LogP contribution >= 0.6 is 11.8 Å². The molecular formula is C11H17N3O2S. The summed E-state index contributed by atoms with van der Waals surface area (Å²) in [5.41, 5.74) is 8.66. The molecule has 0 saturated heterocycles. The summed E-state index contributed by atoms with van der Waals surface area (Å²) in [6, 6.07) is 5.53. The van der Waals surface area contributed by atoms with Gasteiger partial charge >= 0.3 is 0 Å². The number of hydrogen-bond donors (Lipinski definition) is 3. The van der Waals surface area contributed by atoms with Crippen molar-refractivity contribution in [3.63, 3.8) is 0 Å². The third kappa shape index (κ3) is 4.54. The van der Waals surface area contributed by atoms with Crippen LogP contribution in [0.3, 0.4) is 0 Å². The molecule has 0 atom stereocenters. The van der Waals surface area contributed by atoms with Crippen molar-refractivity contribution in [2.75, 3.05) is 18.6 Å². The maximum Gasteiger partial charge on any atom is 0.233 e. The van der Waals surface area contributed by atoms with Crippen molar-refractivity contribution < 1.29 is 9.53 Å². The molecule has 0 aliphatic carbocycles. The first kappa shape index (κ1) is 13.7. The number of rotatable bonds is 6. The Balaban J connectivity index is 2.43. The van der Waals surface area contributed by atoms with E-state index in [1.54, 1.807) is 18.9 Å². The molecule has 6 heteroatoms. The van der Waals surface area contributed by atoms with Crippen LogP contribution in [0.4, 0.5) is 5.69 Å². The number of hydrazine groups is 1. The minimum absolute atomic E-state index is 0.149. The second-order valence-corrected chi connectivity index (χ2v) is 4.56. The molecule has 0 bridgehead atoms. The Kier molecular flexibility index (Phi) is 5.65. The number of carbonyl (C=O) groups excluding carboxylic acids is 1. The largest absolute Gasteiger partial charge is 0.497 e. The van der Waals surface area contributed by atoms with Gasteiger partial charge in [0.05, 0.1) is 7.11 Å². The number of ether oxygens (including phenoxy) is 1. The van der Waals surface area contributed by atoms with E-state index in [4.69, 9.17) is 16.3 Å². The molecule has 0 saturated carbocycles. The molecule has 0 spiro atoms. The molecule has 0 unspecified atom stereocenters. The lowest BCUT2D eigenvalue weighted by Gasteiger charge is -2.07. The molecular weight excluding hydrogens is 238 g/mol. The molecule has 0 aliphatic heterocycles. The van der Waals surface area contributed by atoms with Gasteiger partial charge in [0.2, 0.25) is 5.91 Å². The monoisotopic (exact) mass is 255 g/mol. The maximum atomic E-state index is 10.9. The quantitative estimate of drug-likeness (QED) is 0.177. The van der Waals surface area contributed by atoms with E-state index >= 15 is 0 Å². The molecule has 5 N–H and O–H groups in total. The normalized spacial score (nSPS) is 10.0. The van der Waals surface area contributed by atoms with Gasteiger partial charge in [0.25, 0.3) is 0 Å². The van der Waals surface area contributed by atoms with Crippen LogP contribution in [0.2, 0.25) is 0 Å². The van der Waals surface area contributed by atoms with Crippen LogP contribution in [0, 0.1) is 0 Å². The van der Waals surface area contributed by atoms with Crippen molar-refractivity contribution in [1.29, 1.82) is 0 Å². The predicted molar refractivity (Wildman–Crippen MR) is 69.7 cm³/mol. The molecule has 17 heavy (non-hydrogen) atoms. The van der Waals surface area contributed by atoms with Crippen molar-refractivity contribution in [2.24, 2.45) is 5.84 Å². The summed E-state index contributed by atoms with van der Waals surface area (Å²) in [6.45, 7) is 0. The maximum absolute atomic E-state index is 10.9. The van der Waals surface area contributed by atoms with E-state index in [0.717, 1.165) is 28.5 Å². The second-order valence-electron chi connectivity index (χ2n) is 3.42. The average molecular weight is 255 g/mol. The van der Waals surface area contributed by atoms with Crippen LogP contribution in [-0.2, 0) is 4.79 Å². The fourth-order valence-electron chi connectivity index (χ4n) is 1.25. The van der Waals surface area contributed by atoms with E-state index in [2.05, 4.69) is 5.43 Å². The van der Waals surface area contributed by atoms with Gasteiger partial charge in [0, 0.05) is 17.0 Å². The SMILES string of the molecule is COc1ccc(N)c(SCCCC(=O)NN)c1. The average Bonchev–Trinajstić information content (AvgIpc) is 2.36. The van der Waals surface area contributed by atoms with Crippen molar-refractivity contribution in [2.45, 2.75) is 17.7 Å². The van der Waals surface area contributed by atoms with Crippen LogP contribution in [0.1, 0.15) is 12.8 Å². The first-order valence-electron chi connectivity index (χ1n) is 5.23. The highest BCUT2D eigenvalue weighted by atomic mass is 32.2. The number of amides is 1. The zero-order valence-corrected chi connectivity index (χ0v) is 10.5. The van der Waals surface area contributed by atoms with Crippen LogP contribution in [-0.4, -0.2) is 18.8 Å². The Hall–Kier alpha value is -1.40. The molecule has 1 aromatic carbocycles. The number of carbonyl (C=O) groups is 1. The van der Waals surface area contributed by atoms with Gasteiger partial charge in [0.1, 0.15) is 5.75 Å². The standard InChI is InChI=1S/C11H17N3O2S/c1-16-8-4-5-9(12)10(7-8)17-6-2-3-11(15)14-13/h4-5,7H,2-3,6,12-13H2,1H3,(H,14,15). The van der Waals surface area contributed by atoms with Gasteiger partial charge in [-0.1, -0.05) is 0 Å². The summed E-state index contributed by atoms with van der Waals surface area (Å²) in [6.07, 6.45) is 1.18. The molecule has 0 aromatic heterocycles. The number of nitrogen functional groups attached to an aromatic ring is 1. The highest BCUT2D eigenvalue weighted by Gasteiger charge is 2.03. The smallest absolute Gasteiger partial charge is 0.233 e. The highest BCUT2D eigenvalue weighted by Crippen LogP contribution is 2.29. The third-order valence-corrected chi connectivity index (χ3v) is 3.34. The number of methoxy groups -OCH3 is 1. The van der Waals surface area contributed by atoms with E-state index in [-0.39, 0.29) is 5.91 Å². The van der Waals surface area contributed by atoms with Crippen molar-refractivity contribution >= 4 is 23.4 Å². The summed E-state index contributed by atoms with van der Waals surface area (Å²) in [4.78, 5) is 11.9. The molecule has 0 aliphatic rings. The van der Waals surface area contributed by atoms with Gasteiger partial charge < -0.3 is 10.5 Å². The molecule has 0 fully saturated rings. The van der Waals surface area contributed by atoms with Gasteiger partial charge in [-0.3, -0.25) is 10.2 Å². The van der Waals surface area contributed by atoms with E-state index < -0.39 is 0 Å². The summed E-state index contributed by atoms with van der Waals surface area (Å²) in [7, 11) is 1.62. The lowest BCUT2D eigenvalue weighted by atomic mass is 10.3. The van der Waals surface area contributed by atoms with Crippen LogP contribution in [0.15, 0.2) is 23.1 Å². The van der Waals surface area contributed by atoms with Gasteiger partial charge in [-0.15, -0.1) is 11.8 Å². The van der Waals surface area contributed by atoms with Gasteiger partial charge in [-0.2, -0.15) is 0 Å². The second kappa shape index (κ2) is 7.03. The van der Waals surface area contributed by atoms with Crippen LogP contribution < -0.4 is 21.7 Å². The Morgan fingerprint density at radius 3 is 2.94 bits per heavy atom. The molecule has 5 nitrogen and oxygen atoms in total. The first-order chi connectivity index (χ1) is 8.17. The molecule has 1 rings (SSSR count). The lowest BCUT2D eigenvalue weighted by molar-refractivity contribution is -0.121. The fraction of sp³-hybridized carbons (Fsp3) is 0.364. The molecule has 0 radical (unpaired) electrons. The zero-order valence-electron chi connectivity index (χ0n) is 9.73. The number of nitrogens with one attached hydrogen (secondary N) is 1. The Morgan fingerprint density at radius 2 is 2.29 bits per heavy atom. The topological polar surface area (TPSA) is 90.4 Å². The molecule has 1 amide bonds. The zero-order chi connectivity index (χ0) is 12.7. The van der Waals surface area contributed by atoms with Gasteiger partial charge in [-0.25, -0.2) is 5.84 Å². The number of benzene rings is 1. The third-order valence-electron chi connectivity index (χ3n) is 2.19. The summed E-state index contributed by atoms with van der Waals surface area (Å²) >= 11 is 1.60. The molecule has 94 valence electrons. The summed E-state index contributed by atoms with van der Waals surface area (Å²) < 4.78 is 5.12. The van der Waals surface area contributed by atoms with Gasteiger partial charge in [0.15, 0.2) is 0 Å². The van der Waals surface area contributed by atoms with E-state index in [0.29, 0.717) is 6.42 Å². The minimum Gasteiger partial charge on any atom is -0.497 e. The van der Waals surface area contributed by atoms with Crippen LogP contribution in [0.25, 0.3) is 0 Å².